The Morgan fingerprint density at radius 1 is 0.359 bits per heavy atom. The summed E-state index contributed by atoms with van der Waals surface area (Å²) in [5.74, 6) is -3.21. The number of rotatable bonds is 19. The van der Waals surface area contributed by atoms with Gasteiger partial charge in [-0.2, -0.15) is 0 Å². The van der Waals surface area contributed by atoms with Crippen LogP contribution in [0.15, 0.2) is 0 Å². The molecular formula is C44H74N4O30. The number of hydrogen-bond donors (Lipinski definition) is 19. The van der Waals surface area contributed by atoms with Gasteiger partial charge in [-0.25, -0.2) is 0 Å². The van der Waals surface area contributed by atoms with Gasteiger partial charge in [-0.05, 0) is 6.92 Å². The molecule has 6 rings (SSSR count). The Labute approximate surface area is 443 Å². The van der Waals surface area contributed by atoms with Gasteiger partial charge in [0.25, 0.3) is 0 Å². The Kier molecular flexibility index (Phi) is 22.8. The molecule has 0 saturated carbocycles. The van der Waals surface area contributed by atoms with Crippen molar-refractivity contribution >= 4 is 23.6 Å². The van der Waals surface area contributed by atoms with Gasteiger partial charge in [0.05, 0.1) is 39.1 Å². The number of amides is 4. The highest BCUT2D eigenvalue weighted by Gasteiger charge is 2.59. The maximum absolute atomic E-state index is 13.1. The first-order valence-electron chi connectivity index (χ1n) is 24.9. The number of ether oxygens (including phenoxy) is 11. The van der Waals surface area contributed by atoms with E-state index in [1.807, 2.05) is 0 Å². The Hall–Kier alpha value is -3.16. The minimum atomic E-state index is -2.18. The van der Waals surface area contributed by atoms with Gasteiger partial charge < -0.3 is 150 Å². The van der Waals surface area contributed by atoms with Gasteiger partial charge in [0.1, 0.15) is 140 Å². The fourth-order valence-electron chi connectivity index (χ4n) is 9.94. The third kappa shape index (κ3) is 14.4. The first kappa shape index (κ1) is 64.0. The molecule has 0 radical (unpaired) electrons. The van der Waals surface area contributed by atoms with Gasteiger partial charge in [0.15, 0.2) is 37.7 Å². The lowest BCUT2D eigenvalue weighted by Gasteiger charge is -2.52. The maximum atomic E-state index is 13.1. The Morgan fingerprint density at radius 3 is 1.24 bits per heavy atom. The maximum Gasteiger partial charge on any atom is 0.217 e. The summed E-state index contributed by atoms with van der Waals surface area (Å²) >= 11 is 0. The molecule has 5 unspecified atom stereocenters. The Bertz CT molecular complexity index is 1970. The average molecular weight is 1140 g/mol. The van der Waals surface area contributed by atoms with Crippen LogP contribution < -0.4 is 21.3 Å². The summed E-state index contributed by atoms with van der Waals surface area (Å²) in [6.07, 6.45) is -48.6. The highest BCUT2D eigenvalue weighted by molar-refractivity contribution is 5.74. The molecule has 19 N–H and O–H groups in total. The van der Waals surface area contributed by atoms with Crippen LogP contribution in [0.2, 0.25) is 0 Å². The monoisotopic (exact) mass is 1140 g/mol. The largest absolute Gasteiger partial charge is 0.394 e. The van der Waals surface area contributed by atoms with E-state index in [1.165, 1.54) is 6.92 Å². The zero-order valence-electron chi connectivity index (χ0n) is 42.7. The predicted molar refractivity (Wildman–Crippen MR) is 244 cm³/mol. The topological polar surface area (TPSA) is 521 Å². The molecule has 0 spiro atoms. The number of hydrogen-bond acceptors (Lipinski definition) is 30. The van der Waals surface area contributed by atoms with Crippen LogP contribution in [0.5, 0.6) is 0 Å². The van der Waals surface area contributed by atoms with E-state index in [-0.39, 0.29) is 0 Å². The van der Waals surface area contributed by atoms with Crippen LogP contribution in [0, 0.1) is 0 Å². The van der Waals surface area contributed by atoms with Crippen LogP contribution in [0.3, 0.4) is 0 Å². The smallest absolute Gasteiger partial charge is 0.217 e. The van der Waals surface area contributed by atoms with E-state index >= 15 is 0 Å². The van der Waals surface area contributed by atoms with E-state index in [0.29, 0.717) is 0 Å². The highest BCUT2D eigenvalue weighted by Crippen LogP contribution is 2.38. The van der Waals surface area contributed by atoms with Crippen molar-refractivity contribution in [3.8, 4) is 0 Å². The second-order valence-corrected chi connectivity index (χ2v) is 19.7. The van der Waals surface area contributed by atoms with E-state index in [1.54, 1.807) is 0 Å². The molecule has 4 amide bonds. The molecule has 6 saturated heterocycles. The van der Waals surface area contributed by atoms with Gasteiger partial charge >= 0.3 is 0 Å². The summed E-state index contributed by atoms with van der Waals surface area (Å²) in [4.78, 5) is 50.1. The van der Waals surface area contributed by atoms with Crippen LogP contribution in [0.4, 0.5) is 0 Å². The molecule has 6 heterocycles. The third-order valence-corrected chi connectivity index (χ3v) is 14.0. The molecule has 0 aliphatic carbocycles. The normalized spacial score (nSPS) is 47.1. The van der Waals surface area contributed by atoms with Gasteiger partial charge in [-0.1, -0.05) is 0 Å². The quantitative estimate of drug-likeness (QED) is 0.0571. The average Bonchev–Trinajstić information content (AvgIpc) is 3.40. The van der Waals surface area contributed by atoms with Crippen molar-refractivity contribution in [2.45, 2.75) is 219 Å². The van der Waals surface area contributed by atoms with Crippen molar-refractivity contribution in [3.05, 3.63) is 0 Å². The molecule has 0 bridgehead atoms. The fourth-order valence-corrected chi connectivity index (χ4v) is 9.94. The fraction of sp³-hybridized carbons (Fsp3) is 0.909. The molecule has 78 heavy (non-hydrogen) atoms. The summed E-state index contributed by atoms with van der Waals surface area (Å²) in [5, 5.41) is 173. The lowest BCUT2D eigenvalue weighted by molar-refractivity contribution is -0.399. The zero-order chi connectivity index (χ0) is 57.8. The summed E-state index contributed by atoms with van der Waals surface area (Å²) in [6.45, 7) is 0.737. The highest BCUT2D eigenvalue weighted by atomic mass is 16.8. The Morgan fingerprint density at radius 2 is 0.731 bits per heavy atom. The van der Waals surface area contributed by atoms with E-state index in [4.69, 9.17) is 52.1 Å². The standard InChI is InChI=1S/C44H74N4O30/c1-11-25(57)33(65)34(66)43(69-11)78-38-37(77-41-22(46-13(3)54)32(64)27(59)17(7-50)72-41)29(61)19(9-52)74-44(38)76-36-24(48-15(5)56)42(73-18(8-51)28(36)60)75-35-23(47-14(4)55)39(67)70-20(30(35)62)10-68-40-21(45-12(2)53)31(63)26(58)16(6-49)71-40/h11,16-44,49-52,57-67H,6-10H2,1-5H3,(H,45,53)(H,46,54)(H,47,55)(H,48,56)/t11-,16+,17+,18+,19+,20+,21+,22+,23+,24+,25+,26+,27-,28+,29-,30-,31+,32+,33+,34-,35+,36+,37-,38+,39-,40?,41?,42?,43?,44?/m0/s1. The SMILES string of the molecule is CC(=O)N[C@@H]1[C@@H](OC2O[C@H](CO)[C@@H](O)[C@H](OC3O[C@H](CO)[C@H](O)[C@H](OC4O[C@H](CO)[C@H](O)[C@H](O)[C@H]4NC(C)=O)[C@H]3OC3O[C@@H](C)[C@@H](O)[C@@H](O)[C@@H]3O)[C@H]2NC(C)=O)[C@@H](O)[C@@H](COC2O[C@H](CO)[C@@H](O)[C@H](O)[C@H]2NC(C)=O)O[C@@H]1O. The van der Waals surface area contributed by atoms with Crippen LogP contribution >= 0.6 is 0 Å². The molecule has 0 aromatic carbocycles. The molecule has 34 heteroatoms. The van der Waals surface area contributed by atoms with Crippen molar-refractivity contribution in [1.29, 1.82) is 0 Å². The Balaban J connectivity index is 1.37. The summed E-state index contributed by atoms with van der Waals surface area (Å²) < 4.78 is 65.3. The first-order valence-corrected chi connectivity index (χ1v) is 24.9. The van der Waals surface area contributed by atoms with Crippen LogP contribution in [-0.2, 0) is 71.3 Å². The minimum absolute atomic E-state index is 0.703. The molecule has 34 nitrogen and oxygen atoms in total. The van der Waals surface area contributed by atoms with E-state index in [0.717, 1.165) is 27.7 Å². The molecule has 0 aromatic rings. The van der Waals surface area contributed by atoms with Gasteiger partial charge in [0, 0.05) is 27.7 Å². The number of aliphatic hydroxyl groups excluding tert-OH is 15. The van der Waals surface area contributed by atoms with Crippen molar-refractivity contribution in [2.24, 2.45) is 0 Å². The first-order chi connectivity index (χ1) is 36.8. The van der Waals surface area contributed by atoms with Crippen molar-refractivity contribution < 1.29 is 148 Å². The second-order valence-electron chi connectivity index (χ2n) is 19.7. The van der Waals surface area contributed by atoms with Gasteiger partial charge in [-0.3, -0.25) is 19.2 Å². The summed E-state index contributed by atoms with van der Waals surface area (Å²) in [6, 6.07) is -6.74. The summed E-state index contributed by atoms with van der Waals surface area (Å²) in [7, 11) is 0. The van der Waals surface area contributed by atoms with Crippen molar-refractivity contribution in [3.63, 3.8) is 0 Å². The molecular weight excluding hydrogens is 1060 g/mol. The van der Waals surface area contributed by atoms with Crippen LogP contribution in [0.1, 0.15) is 34.6 Å². The number of aliphatic hydroxyl groups is 15. The van der Waals surface area contributed by atoms with E-state index in [2.05, 4.69) is 21.3 Å². The van der Waals surface area contributed by atoms with Crippen LogP contribution in [-0.4, -0.2) is 317 Å². The zero-order valence-corrected chi connectivity index (χ0v) is 42.7. The summed E-state index contributed by atoms with van der Waals surface area (Å²) in [5.41, 5.74) is 0. The number of carbonyl (C=O) groups excluding carboxylic acids is 4. The second kappa shape index (κ2) is 27.7. The molecule has 0 aromatic heterocycles. The predicted octanol–water partition coefficient (Wildman–Crippen LogP) is -12.5. The number of nitrogens with one attached hydrogen (secondary N) is 4. The number of carbonyl (C=O) groups is 4. The lowest BCUT2D eigenvalue weighted by atomic mass is 9.93. The van der Waals surface area contributed by atoms with E-state index < -0.39 is 241 Å². The lowest BCUT2D eigenvalue weighted by Crippen LogP contribution is -2.72. The molecule has 30 atom stereocenters. The van der Waals surface area contributed by atoms with Gasteiger partial charge in [-0.15, -0.1) is 0 Å². The molecule has 6 aliphatic rings. The molecule has 450 valence electrons. The van der Waals surface area contributed by atoms with E-state index in [9.17, 15) is 95.8 Å². The minimum Gasteiger partial charge on any atom is -0.394 e. The van der Waals surface area contributed by atoms with Gasteiger partial charge in [0.2, 0.25) is 23.6 Å². The third-order valence-electron chi connectivity index (χ3n) is 14.0. The van der Waals surface area contributed by atoms with Crippen molar-refractivity contribution in [2.75, 3.05) is 33.0 Å². The van der Waals surface area contributed by atoms with Crippen molar-refractivity contribution in [1.82, 2.24) is 21.3 Å². The van der Waals surface area contributed by atoms with Crippen LogP contribution in [0.25, 0.3) is 0 Å². The molecule has 6 fully saturated rings. The molecule has 6 aliphatic heterocycles.